The standard InChI is InChI=1S/C46H48NO20P5/c47-41-42(63-68(48)53-21-31-11-1-2-12-32(31)22-54-68)44(65-70(50)57-25-35-15-5-6-16-36(35)26-58-70)46(67-72(52)61-29-39-19-9-10-20-40(39)30-62-72)45(66-71(51)59-27-37-17-7-8-18-38(37)28-60-71)43(41)64-69(49)55-23-33-13-3-4-14-34(33)24-56-69/h1-20,41-46H,21-30,47H2/t41?,42-,43-,44-,45+,46?/m1/s1. The molecule has 0 bridgehead atoms. The molecule has 11 rings (SSSR count). The minimum absolute atomic E-state index is 0.273. The highest BCUT2D eigenvalue weighted by atomic mass is 31.2. The molecule has 1 saturated carbocycles. The predicted molar refractivity (Wildman–Crippen MR) is 250 cm³/mol. The van der Waals surface area contributed by atoms with Crippen molar-refractivity contribution in [2.45, 2.75) is 103 Å². The van der Waals surface area contributed by atoms with E-state index in [1.165, 1.54) is 0 Å². The Hall–Kier alpha value is -3.39. The Balaban J connectivity index is 1.03. The highest BCUT2D eigenvalue weighted by Crippen LogP contribution is 2.65. The van der Waals surface area contributed by atoms with Gasteiger partial charge in [-0.25, -0.2) is 22.8 Å². The third-order valence-corrected chi connectivity index (χ3v) is 19.6. The van der Waals surface area contributed by atoms with E-state index in [1.807, 2.05) is 0 Å². The van der Waals surface area contributed by atoms with Crippen LogP contribution in [-0.2, 0) is 157 Å². The summed E-state index contributed by atoms with van der Waals surface area (Å²) in [6.07, 6.45) is -10.4. The van der Waals surface area contributed by atoms with E-state index in [0.29, 0.717) is 55.6 Å². The highest BCUT2D eigenvalue weighted by molar-refractivity contribution is 7.49. The minimum atomic E-state index is -4.95. The Kier molecular flexibility index (Phi) is 14.8. The largest absolute Gasteiger partial charge is 0.475 e. The molecule has 5 heterocycles. The lowest BCUT2D eigenvalue weighted by Crippen LogP contribution is -2.68. The summed E-state index contributed by atoms with van der Waals surface area (Å²) in [4.78, 5) is 0. The molecule has 6 aliphatic rings. The van der Waals surface area contributed by atoms with E-state index in [-0.39, 0.29) is 66.1 Å². The zero-order chi connectivity index (χ0) is 49.6. The summed E-state index contributed by atoms with van der Waals surface area (Å²) in [5.41, 5.74) is 13.3. The van der Waals surface area contributed by atoms with Crippen molar-refractivity contribution in [3.63, 3.8) is 0 Å². The van der Waals surface area contributed by atoms with E-state index in [4.69, 9.17) is 73.6 Å². The van der Waals surface area contributed by atoms with Crippen LogP contribution in [0.3, 0.4) is 0 Å². The second-order valence-electron chi connectivity index (χ2n) is 17.2. The summed E-state index contributed by atoms with van der Waals surface area (Å²) in [7, 11) is -24.4. The quantitative estimate of drug-likeness (QED) is 0.128. The van der Waals surface area contributed by atoms with Gasteiger partial charge in [0.05, 0.1) is 72.1 Å². The van der Waals surface area contributed by atoms with Gasteiger partial charge in [0.1, 0.15) is 30.5 Å². The van der Waals surface area contributed by atoms with Crippen LogP contribution in [-0.4, -0.2) is 36.6 Å². The van der Waals surface area contributed by atoms with Crippen molar-refractivity contribution in [3.05, 3.63) is 177 Å². The summed E-state index contributed by atoms with van der Waals surface area (Å²) in [5, 5.41) is 0. The zero-order valence-corrected chi connectivity index (χ0v) is 42.5. The first-order valence-electron chi connectivity index (χ1n) is 22.7. The molecule has 1 aliphatic carbocycles. The molecule has 5 aromatic carbocycles. The minimum Gasteiger partial charge on any atom is -0.323 e. The van der Waals surface area contributed by atoms with Gasteiger partial charge in [-0.3, -0.25) is 67.9 Å². The first-order chi connectivity index (χ1) is 34.8. The average Bonchev–Trinajstić information content (AvgIpc) is 3.90. The summed E-state index contributed by atoms with van der Waals surface area (Å²) < 4.78 is 166. The molecule has 0 radical (unpaired) electrons. The van der Waals surface area contributed by atoms with Gasteiger partial charge in [-0.1, -0.05) is 121 Å². The van der Waals surface area contributed by atoms with Crippen molar-refractivity contribution in [2.75, 3.05) is 0 Å². The van der Waals surface area contributed by atoms with Gasteiger partial charge in [-0.2, -0.15) is 0 Å². The molecule has 0 amide bonds. The molecule has 5 aromatic rings. The van der Waals surface area contributed by atoms with Crippen LogP contribution in [0.4, 0.5) is 0 Å². The summed E-state index contributed by atoms with van der Waals surface area (Å²) >= 11 is 0. The summed E-state index contributed by atoms with van der Waals surface area (Å²) in [6.45, 7) is -2.88. The number of hydrogen-bond donors (Lipinski definition) is 1. The predicted octanol–water partition coefficient (Wildman–Crippen LogP) is 10.5. The molecule has 382 valence electrons. The van der Waals surface area contributed by atoms with Crippen molar-refractivity contribution in [3.8, 4) is 0 Å². The summed E-state index contributed by atoms with van der Waals surface area (Å²) in [5.74, 6) is 0. The van der Waals surface area contributed by atoms with E-state index in [9.17, 15) is 9.13 Å². The topological polar surface area (TPSA) is 250 Å². The SMILES string of the molecule is NC1[C@@H](OP2(=O)OCc3ccccc3CO2)[C@H](OP2(=O)OCc3ccccc3CO2)C(OP2(=O)OCc3ccccc3CO2)[C@H](OP2(=O)OCc3ccccc3CO2)[C@@H]1OP1(=O)OCc2ccccc2CO1. The van der Waals surface area contributed by atoms with Gasteiger partial charge >= 0.3 is 39.1 Å². The zero-order valence-electron chi connectivity index (χ0n) is 38.1. The number of phosphoric ester groups is 5. The first kappa shape index (κ1) is 50.8. The molecule has 72 heavy (non-hydrogen) atoms. The molecule has 5 aliphatic heterocycles. The van der Waals surface area contributed by atoms with Crippen molar-refractivity contribution < 1.29 is 90.7 Å². The lowest BCUT2D eigenvalue weighted by Gasteiger charge is -2.49. The van der Waals surface area contributed by atoms with Gasteiger partial charge in [0, 0.05) is 0 Å². The molecule has 1 fully saturated rings. The van der Waals surface area contributed by atoms with E-state index in [2.05, 4.69) is 0 Å². The maximum Gasteiger partial charge on any atom is 0.475 e. The third kappa shape index (κ3) is 11.1. The van der Waals surface area contributed by atoms with Gasteiger partial charge in [0.25, 0.3) is 0 Å². The van der Waals surface area contributed by atoms with Crippen LogP contribution in [0.25, 0.3) is 0 Å². The first-order valence-corrected chi connectivity index (χ1v) is 30.0. The van der Waals surface area contributed by atoms with Crippen molar-refractivity contribution in [2.24, 2.45) is 5.73 Å². The molecule has 0 spiro atoms. The van der Waals surface area contributed by atoms with Crippen LogP contribution in [0.1, 0.15) is 55.6 Å². The number of hydrogen-bond acceptors (Lipinski definition) is 21. The molecular formula is C46H48NO20P5. The van der Waals surface area contributed by atoms with Gasteiger partial charge < -0.3 is 5.73 Å². The third-order valence-electron chi connectivity index (χ3n) is 12.7. The highest BCUT2D eigenvalue weighted by Gasteiger charge is 2.63. The Labute approximate surface area is 413 Å². The Morgan fingerprint density at radius 1 is 0.278 bits per heavy atom. The van der Waals surface area contributed by atoms with E-state index in [0.717, 1.165) is 0 Å². The van der Waals surface area contributed by atoms with Crippen molar-refractivity contribution in [1.82, 2.24) is 0 Å². The molecule has 21 nitrogen and oxygen atoms in total. The van der Waals surface area contributed by atoms with Crippen LogP contribution in [0.2, 0.25) is 0 Å². The van der Waals surface area contributed by atoms with E-state index < -0.39 is 75.7 Å². The van der Waals surface area contributed by atoms with E-state index in [1.54, 1.807) is 121 Å². The molecule has 0 saturated heterocycles. The lowest BCUT2D eigenvalue weighted by molar-refractivity contribution is -0.174. The second-order valence-corrected chi connectivity index (χ2v) is 25.3. The maximum atomic E-state index is 15.2. The number of phosphoric acid groups is 5. The summed E-state index contributed by atoms with van der Waals surface area (Å²) in [6, 6.07) is 33.1. The monoisotopic (exact) mass is 1090 g/mol. The van der Waals surface area contributed by atoms with E-state index >= 15 is 13.7 Å². The molecule has 26 heteroatoms. The Morgan fingerprint density at radius 2 is 0.417 bits per heavy atom. The number of benzene rings is 5. The van der Waals surface area contributed by atoms with Gasteiger partial charge in [0.15, 0.2) is 0 Å². The van der Waals surface area contributed by atoms with Crippen molar-refractivity contribution in [1.29, 1.82) is 0 Å². The normalized spacial score (nSPS) is 28.1. The van der Waals surface area contributed by atoms with Crippen LogP contribution in [0, 0.1) is 0 Å². The fraction of sp³-hybridized carbons (Fsp3) is 0.348. The van der Waals surface area contributed by atoms with Gasteiger partial charge in [0.2, 0.25) is 0 Å². The van der Waals surface area contributed by atoms with Crippen LogP contribution < -0.4 is 5.73 Å². The number of rotatable bonds is 10. The lowest BCUT2D eigenvalue weighted by atomic mass is 9.84. The Morgan fingerprint density at radius 3 is 0.583 bits per heavy atom. The fourth-order valence-corrected chi connectivity index (χ4v) is 15.4. The molecule has 2 unspecified atom stereocenters. The smallest absolute Gasteiger partial charge is 0.323 e. The van der Waals surface area contributed by atoms with Crippen LogP contribution >= 0.6 is 39.1 Å². The van der Waals surface area contributed by atoms with Crippen LogP contribution in [0.5, 0.6) is 0 Å². The molecular weight excluding hydrogens is 1040 g/mol. The van der Waals surface area contributed by atoms with Crippen LogP contribution in [0.15, 0.2) is 121 Å². The second kappa shape index (κ2) is 21.0. The molecule has 0 aromatic heterocycles. The fourth-order valence-electron chi connectivity index (χ4n) is 8.72. The molecule has 6 atom stereocenters. The average molecular weight is 1090 g/mol. The van der Waals surface area contributed by atoms with Crippen molar-refractivity contribution >= 4 is 39.1 Å². The number of fused-ring (bicyclic) bond motifs is 5. The van der Waals surface area contributed by atoms with Gasteiger partial charge in [-0.15, -0.1) is 0 Å². The van der Waals surface area contributed by atoms with Gasteiger partial charge in [-0.05, 0) is 55.6 Å². The number of nitrogens with two attached hydrogens (primary N) is 1. The molecule has 2 N–H and O–H groups in total. The maximum absolute atomic E-state index is 15.2. The Bertz CT molecular complexity index is 2750.